The average Bonchev–Trinajstić information content (AvgIpc) is 2.72. The zero-order chi connectivity index (χ0) is 10.7. The van der Waals surface area contributed by atoms with Crippen molar-refractivity contribution in [2.75, 3.05) is 26.8 Å². The van der Waals surface area contributed by atoms with Gasteiger partial charge in [0.05, 0.1) is 6.61 Å². The fourth-order valence-electron chi connectivity index (χ4n) is 3.35. The van der Waals surface area contributed by atoms with Gasteiger partial charge >= 0.3 is 0 Å². The van der Waals surface area contributed by atoms with E-state index in [0.717, 1.165) is 30.4 Å². The molecule has 0 heterocycles. The van der Waals surface area contributed by atoms with Crippen LogP contribution in [0.2, 0.25) is 0 Å². The van der Waals surface area contributed by atoms with Gasteiger partial charge in [0.2, 0.25) is 0 Å². The summed E-state index contributed by atoms with van der Waals surface area (Å²) in [6.45, 7) is 5.43. The van der Waals surface area contributed by atoms with Gasteiger partial charge in [0.1, 0.15) is 0 Å². The largest absolute Gasteiger partial charge is 0.383 e. The maximum Gasteiger partial charge on any atom is 0.0587 e. The quantitative estimate of drug-likeness (QED) is 0.681. The van der Waals surface area contributed by atoms with Gasteiger partial charge in [0.25, 0.3) is 0 Å². The summed E-state index contributed by atoms with van der Waals surface area (Å²) in [6, 6.07) is 0. The molecule has 0 aromatic rings. The molecule has 2 rings (SSSR count). The van der Waals surface area contributed by atoms with E-state index < -0.39 is 0 Å². The zero-order valence-electron chi connectivity index (χ0n) is 10.2. The molecule has 0 radical (unpaired) electrons. The summed E-state index contributed by atoms with van der Waals surface area (Å²) in [5, 5.41) is 3.51. The number of methoxy groups -OCH3 is 1. The Bertz CT molecular complexity index is 207. The second kappa shape index (κ2) is 4.84. The van der Waals surface area contributed by atoms with Crippen molar-refractivity contribution in [3.8, 4) is 0 Å². The summed E-state index contributed by atoms with van der Waals surface area (Å²) >= 11 is 0. The van der Waals surface area contributed by atoms with Gasteiger partial charge in [-0.05, 0) is 49.5 Å². The number of rotatable bonds is 6. The lowest BCUT2D eigenvalue weighted by Crippen LogP contribution is -2.23. The fraction of sp³-hybridized carbons (Fsp3) is 1.00. The van der Waals surface area contributed by atoms with Gasteiger partial charge in [-0.15, -0.1) is 0 Å². The predicted octanol–water partition coefficient (Wildman–Crippen LogP) is 2.44. The third kappa shape index (κ3) is 2.54. The Hall–Kier alpha value is -0.0800. The monoisotopic (exact) mass is 211 g/mol. The standard InChI is InChI=1S/C13H25NO/c1-3-11-4-5-13(8-11)9-12(13)10-14-6-7-15-2/h11-12,14H,3-10H2,1-2H3. The van der Waals surface area contributed by atoms with Crippen LogP contribution in [0.1, 0.15) is 39.0 Å². The average molecular weight is 211 g/mol. The lowest BCUT2D eigenvalue weighted by Gasteiger charge is -2.10. The molecular weight excluding hydrogens is 186 g/mol. The second-order valence-corrected chi connectivity index (χ2v) is 5.48. The molecule has 2 heteroatoms. The van der Waals surface area contributed by atoms with Crippen molar-refractivity contribution in [1.82, 2.24) is 5.32 Å². The van der Waals surface area contributed by atoms with E-state index in [2.05, 4.69) is 12.2 Å². The van der Waals surface area contributed by atoms with Crippen molar-refractivity contribution in [1.29, 1.82) is 0 Å². The molecule has 15 heavy (non-hydrogen) atoms. The Kier molecular flexibility index (Phi) is 3.68. The van der Waals surface area contributed by atoms with Crippen molar-refractivity contribution < 1.29 is 4.74 Å². The van der Waals surface area contributed by atoms with Gasteiger partial charge in [0, 0.05) is 13.7 Å². The van der Waals surface area contributed by atoms with Crippen LogP contribution in [0.5, 0.6) is 0 Å². The molecule has 2 aliphatic rings. The molecule has 3 unspecified atom stereocenters. The first kappa shape index (κ1) is 11.4. The van der Waals surface area contributed by atoms with Gasteiger partial charge in [-0.25, -0.2) is 0 Å². The molecule has 0 aliphatic heterocycles. The van der Waals surface area contributed by atoms with Gasteiger partial charge in [-0.3, -0.25) is 0 Å². The zero-order valence-corrected chi connectivity index (χ0v) is 10.2. The smallest absolute Gasteiger partial charge is 0.0587 e. The highest BCUT2D eigenvalue weighted by molar-refractivity contribution is 5.07. The second-order valence-electron chi connectivity index (χ2n) is 5.48. The minimum Gasteiger partial charge on any atom is -0.383 e. The number of hydrogen-bond donors (Lipinski definition) is 1. The van der Waals surface area contributed by atoms with Crippen molar-refractivity contribution in [3.63, 3.8) is 0 Å². The van der Waals surface area contributed by atoms with E-state index in [4.69, 9.17) is 4.74 Å². The van der Waals surface area contributed by atoms with E-state index in [0.29, 0.717) is 0 Å². The van der Waals surface area contributed by atoms with Crippen LogP contribution in [-0.2, 0) is 4.74 Å². The lowest BCUT2D eigenvalue weighted by atomic mass is 9.98. The summed E-state index contributed by atoms with van der Waals surface area (Å²) < 4.78 is 5.03. The highest BCUT2D eigenvalue weighted by Gasteiger charge is 2.56. The third-order valence-electron chi connectivity index (χ3n) is 4.56. The van der Waals surface area contributed by atoms with Crippen molar-refractivity contribution >= 4 is 0 Å². The van der Waals surface area contributed by atoms with Crippen LogP contribution in [0.15, 0.2) is 0 Å². The summed E-state index contributed by atoms with van der Waals surface area (Å²) in [5.41, 5.74) is 0.779. The van der Waals surface area contributed by atoms with Gasteiger partial charge in [-0.1, -0.05) is 13.3 Å². The molecule has 0 saturated heterocycles. The minimum absolute atomic E-state index is 0.779. The predicted molar refractivity (Wildman–Crippen MR) is 62.9 cm³/mol. The molecule has 3 atom stereocenters. The number of hydrogen-bond acceptors (Lipinski definition) is 2. The maximum absolute atomic E-state index is 5.03. The van der Waals surface area contributed by atoms with Crippen LogP contribution in [0.25, 0.3) is 0 Å². The minimum atomic E-state index is 0.779. The Morgan fingerprint density at radius 2 is 2.27 bits per heavy atom. The first-order chi connectivity index (χ1) is 7.30. The van der Waals surface area contributed by atoms with Gasteiger partial charge < -0.3 is 10.1 Å². The van der Waals surface area contributed by atoms with Crippen LogP contribution >= 0.6 is 0 Å². The molecule has 0 aromatic carbocycles. The van der Waals surface area contributed by atoms with Crippen molar-refractivity contribution in [2.24, 2.45) is 17.3 Å². The van der Waals surface area contributed by atoms with Gasteiger partial charge in [0.15, 0.2) is 0 Å². The Morgan fingerprint density at radius 1 is 1.40 bits per heavy atom. The summed E-state index contributed by atoms with van der Waals surface area (Å²) in [5.74, 6) is 2.01. The molecule has 0 aromatic heterocycles. The molecule has 1 spiro atoms. The van der Waals surface area contributed by atoms with E-state index >= 15 is 0 Å². The number of ether oxygens (including phenoxy) is 1. The molecule has 0 amide bonds. The van der Waals surface area contributed by atoms with Crippen molar-refractivity contribution in [3.05, 3.63) is 0 Å². The summed E-state index contributed by atoms with van der Waals surface area (Å²) in [4.78, 5) is 0. The lowest BCUT2D eigenvalue weighted by molar-refractivity contribution is 0.198. The first-order valence-electron chi connectivity index (χ1n) is 6.50. The normalized spacial score (nSPS) is 38.8. The highest BCUT2D eigenvalue weighted by atomic mass is 16.5. The van der Waals surface area contributed by atoms with E-state index in [1.54, 1.807) is 7.11 Å². The topological polar surface area (TPSA) is 21.3 Å². The molecule has 88 valence electrons. The molecule has 1 N–H and O–H groups in total. The van der Waals surface area contributed by atoms with Crippen LogP contribution in [0, 0.1) is 17.3 Å². The summed E-state index contributed by atoms with van der Waals surface area (Å²) in [6.07, 6.45) is 7.39. The van der Waals surface area contributed by atoms with Crippen LogP contribution < -0.4 is 5.32 Å². The molecule has 2 fully saturated rings. The Morgan fingerprint density at radius 3 is 2.93 bits per heavy atom. The molecular formula is C13H25NO. The fourth-order valence-corrected chi connectivity index (χ4v) is 3.35. The molecule has 2 saturated carbocycles. The molecule has 0 bridgehead atoms. The van der Waals surface area contributed by atoms with Crippen LogP contribution in [0.4, 0.5) is 0 Å². The Labute approximate surface area is 93.8 Å². The Balaban J connectivity index is 1.63. The SMILES string of the molecule is CCC1CCC2(C1)CC2CNCCOC. The molecule has 2 aliphatic carbocycles. The summed E-state index contributed by atoms with van der Waals surface area (Å²) in [7, 11) is 1.77. The van der Waals surface area contributed by atoms with E-state index in [1.165, 1.54) is 38.6 Å². The maximum atomic E-state index is 5.03. The third-order valence-corrected chi connectivity index (χ3v) is 4.56. The van der Waals surface area contributed by atoms with Crippen LogP contribution in [-0.4, -0.2) is 26.8 Å². The van der Waals surface area contributed by atoms with Gasteiger partial charge in [-0.2, -0.15) is 0 Å². The molecule has 2 nitrogen and oxygen atoms in total. The van der Waals surface area contributed by atoms with E-state index in [9.17, 15) is 0 Å². The van der Waals surface area contributed by atoms with Crippen molar-refractivity contribution in [2.45, 2.75) is 39.0 Å². The highest BCUT2D eigenvalue weighted by Crippen LogP contribution is 2.64. The van der Waals surface area contributed by atoms with Crippen LogP contribution in [0.3, 0.4) is 0 Å². The van der Waals surface area contributed by atoms with E-state index in [-0.39, 0.29) is 0 Å². The number of nitrogens with one attached hydrogen (secondary N) is 1. The van der Waals surface area contributed by atoms with E-state index in [1.807, 2.05) is 0 Å². The first-order valence-corrected chi connectivity index (χ1v) is 6.50.